The van der Waals surface area contributed by atoms with E-state index in [0.717, 1.165) is 12.7 Å². The van der Waals surface area contributed by atoms with E-state index in [0.29, 0.717) is 5.92 Å². The highest BCUT2D eigenvalue weighted by Gasteiger charge is 2.40. The number of hydrogen-bond donors (Lipinski definition) is 0. The largest absolute Gasteiger partial charge is 0.505 e. The lowest BCUT2D eigenvalue weighted by molar-refractivity contribution is 0.0735. The molecule has 1 aliphatic carbocycles. The smallest absolute Gasteiger partial charge is 0.377 e. The minimum atomic E-state index is -2.57. The van der Waals surface area contributed by atoms with Crippen molar-refractivity contribution >= 4 is 8.80 Å². The molecule has 1 saturated carbocycles. The Bertz CT molecular complexity index is 373. The van der Waals surface area contributed by atoms with E-state index in [1.807, 2.05) is 18.2 Å². The van der Waals surface area contributed by atoms with Gasteiger partial charge < -0.3 is 13.3 Å². The van der Waals surface area contributed by atoms with Gasteiger partial charge in [0.05, 0.1) is 0 Å². The average molecular weight is 294 g/mol. The molecule has 20 heavy (non-hydrogen) atoms. The van der Waals surface area contributed by atoms with Gasteiger partial charge in [0, 0.05) is 26.9 Å². The van der Waals surface area contributed by atoms with Crippen LogP contribution in [-0.2, 0) is 19.3 Å². The standard InChI is InChI=1S/C16H26O3Si/c1-17-20(18-2,14-16-11-7-4-8-12-16)19-13-15-9-5-3-6-10-15/h4,7-8,11-12,15H,3,5-6,9-10,13-14H2,1-2H3. The van der Waals surface area contributed by atoms with Crippen molar-refractivity contribution in [3.63, 3.8) is 0 Å². The third-order valence-corrected chi connectivity index (χ3v) is 6.84. The van der Waals surface area contributed by atoms with Crippen LogP contribution >= 0.6 is 0 Å². The van der Waals surface area contributed by atoms with E-state index in [9.17, 15) is 0 Å². The van der Waals surface area contributed by atoms with Crippen LogP contribution in [0.25, 0.3) is 0 Å². The minimum absolute atomic E-state index is 0.677. The van der Waals surface area contributed by atoms with E-state index >= 15 is 0 Å². The first-order valence-electron chi connectivity index (χ1n) is 7.56. The molecule has 0 radical (unpaired) electrons. The quantitative estimate of drug-likeness (QED) is 0.719. The summed E-state index contributed by atoms with van der Waals surface area (Å²) in [6, 6.07) is 11.1. The van der Waals surface area contributed by atoms with Crippen LogP contribution < -0.4 is 0 Å². The van der Waals surface area contributed by atoms with Gasteiger partial charge in [-0.2, -0.15) is 0 Å². The van der Waals surface area contributed by atoms with Crippen LogP contribution in [-0.4, -0.2) is 29.6 Å². The number of benzene rings is 1. The molecule has 0 N–H and O–H groups in total. The van der Waals surface area contributed by atoms with Crippen molar-refractivity contribution in [2.45, 2.75) is 38.1 Å². The van der Waals surface area contributed by atoms with Crippen LogP contribution in [0.5, 0.6) is 0 Å². The Morgan fingerprint density at radius 1 is 1.00 bits per heavy atom. The van der Waals surface area contributed by atoms with Crippen molar-refractivity contribution in [3.05, 3.63) is 35.9 Å². The predicted octanol–water partition coefficient (Wildman–Crippen LogP) is 3.60. The van der Waals surface area contributed by atoms with Crippen LogP contribution in [0, 0.1) is 5.92 Å². The van der Waals surface area contributed by atoms with Gasteiger partial charge in [0.25, 0.3) is 0 Å². The summed E-state index contributed by atoms with van der Waals surface area (Å²) in [4.78, 5) is 0. The van der Waals surface area contributed by atoms with Gasteiger partial charge in [0.15, 0.2) is 0 Å². The molecule has 0 bridgehead atoms. The lowest BCUT2D eigenvalue weighted by atomic mass is 9.90. The highest BCUT2D eigenvalue weighted by molar-refractivity contribution is 6.60. The monoisotopic (exact) mass is 294 g/mol. The minimum Gasteiger partial charge on any atom is -0.377 e. The van der Waals surface area contributed by atoms with Crippen molar-refractivity contribution in [1.82, 2.24) is 0 Å². The first-order chi connectivity index (χ1) is 9.78. The van der Waals surface area contributed by atoms with E-state index < -0.39 is 8.80 Å². The zero-order valence-corrected chi connectivity index (χ0v) is 13.6. The summed E-state index contributed by atoms with van der Waals surface area (Å²) in [5.74, 6) is 0.677. The Labute approximate surface area is 123 Å². The number of hydrogen-bond acceptors (Lipinski definition) is 3. The van der Waals surface area contributed by atoms with E-state index in [-0.39, 0.29) is 0 Å². The van der Waals surface area contributed by atoms with Crippen molar-refractivity contribution in [2.75, 3.05) is 20.8 Å². The summed E-state index contributed by atoms with van der Waals surface area (Å²) in [7, 11) is 0.848. The lowest BCUT2D eigenvalue weighted by Crippen LogP contribution is -2.47. The van der Waals surface area contributed by atoms with Gasteiger partial charge in [-0.15, -0.1) is 0 Å². The van der Waals surface area contributed by atoms with Crippen molar-refractivity contribution in [3.8, 4) is 0 Å². The molecule has 1 aromatic rings. The molecule has 1 aromatic carbocycles. The summed E-state index contributed by atoms with van der Waals surface area (Å²) in [5.41, 5.74) is 1.21. The van der Waals surface area contributed by atoms with Gasteiger partial charge in [-0.25, -0.2) is 0 Å². The number of rotatable bonds is 7. The van der Waals surface area contributed by atoms with Crippen LogP contribution in [0.4, 0.5) is 0 Å². The zero-order valence-electron chi connectivity index (χ0n) is 12.6. The first kappa shape index (κ1) is 15.7. The molecule has 3 nitrogen and oxygen atoms in total. The van der Waals surface area contributed by atoms with Crippen molar-refractivity contribution in [1.29, 1.82) is 0 Å². The Balaban J connectivity index is 1.93. The van der Waals surface area contributed by atoms with Crippen LogP contribution in [0.15, 0.2) is 30.3 Å². The fourth-order valence-corrected chi connectivity index (χ4v) is 4.86. The van der Waals surface area contributed by atoms with E-state index in [2.05, 4.69) is 12.1 Å². The molecule has 112 valence electrons. The molecule has 0 amide bonds. The molecule has 0 saturated heterocycles. The van der Waals surface area contributed by atoms with Gasteiger partial charge in [-0.05, 0) is 24.3 Å². The second kappa shape index (κ2) is 7.93. The normalized spacial score (nSPS) is 17.3. The van der Waals surface area contributed by atoms with Gasteiger partial charge in [-0.3, -0.25) is 0 Å². The fraction of sp³-hybridized carbons (Fsp3) is 0.625. The second-order valence-corrected chi connectivity index (χ2v) is 8.39. The van der Waals surface area contributed by atoms with Gasteiger partial charge >= 0.3 is 8.80 Å². The third-order valence-electron chi connectivity index (χ3n) is 4.15. The Morgan fingerprint density at radius 3 is 2.25 bits per heavy atom. The summed E-state index contributed by atoms with van der Waals surface area (Å²) >= 11 is 0. The molecule has 0 atom stereocenters. The molecular weight excluding hydrogens is 268 g/mol. The summed E-state index contributed by atoms with van der Waals surface area (Å²) in [6.45, 7) is 0.779. The first-order valence-corrected chi connectivity index (χ1v) is 9.49. The Kier molecular flexibility index (Phi) is 6.23. The molecule has 2 rings (SSSR count). The average Bonchev–Trinajstić information content (AvgIpc) is 2.53. The van der Waals surface area contributed by atoms with Crippen molar-refractivity contribution in [2.24, 2.45) is 5.92 Å². The summed E-state index contributed by atoms with van der Waals surface area (Å²) in [5, 5.41) is 0. The Morgan fingerprint density at radius 2 is 1.65 bits per heavy atom. The van der Waals surface area contributed by atoms with E-state index in [1.54, 1.807) is 14.2 Å². The maximum absolute atomic E-state index is 6.17. The molecule has 0 spiro atoms. The second-order valence-electron chi connectivity index (χ2n) is 5.57. The SMILES string of the molecule is CO[Si](Cc1ccccc1)(OC)OCC1CCCCC1. The van der Waals surface area contributed by atoms with Crippen molar-refractivity contribution < 1.29 is 13.3 Å². The van der Waals surface area contributed by atoms with Crippen LogP contribution in [0.3, 0.4) is 0 Å². The van der Waals surface area contributed by atoms with Crippen LogP contribution in [0.1, 0.15) is 37.7 Å². The summed E-state index contributed by atoms with van der Waals surface area (Å²) < 4.78 is 17.5. The zero-order chi connectivity index (χ0) is 14.3. The molecule has 1 fully saturated rings. The molecule has 0 aliphatic heterocycles. The van der Waals surface area contributed by atoms with Gasteiger partial charge in [0.2, 0.25) is 0 Å². The highest BCUT2D eigenvalue weighted by atomic mass is 28.4. The maximum atomic E-state index is 6.17. The van der Waals surface area contributed by atoms with Gasteiger partial charge in [0.1, 0.15) is 0 Å². The molecule has 0 heterocycles. The van der Waals surface area contributed by atoms with E-state index in [1.165, 1.54) is 37.7 Å². The third kappa shape index (κ3) is 4.41. The molecule has 1 aliphatic rings. The Hall–Kier alpha value is -0.683. The van der Waals surface area contributed by atoms with Crippen LogP contribution in [0.2, 0.25) is 0 Å². The fourth-order valence-electron chi connectivity index (χ4n) is 2.84. The van der Waals surface area contributed by atoms with E-state index in [4.69, 9.17) is 13.3 Å². The lowest BCUT2D eigenvalue weighted by Gasteiger charge is -2.30. The van der Waals surface area contributed by atoms with Gasteiger partial charge in [-0.1, -0.05) is 49.6 Å². The molecule has 0 unspecified atom stereocenters. The molecular formula is C16H26O3Si. The highest BCUT2D eigenvalue weighted by Crippen LogP contribution is 2.25. The maximum Gasteiger partial charge on any atom is 0.505 e. The predicted molar refractivity (Wildman–Crippen MR) is 82.4 cm³/mol. The summed E-state index contributed by atoms with van der Waals surface area (Å²) in [6.07, 6.45) is 6.60. The molecule has 0 aromatic heterocycles. The topological polar surface area (TPSA) is 27.7 Å². The molecule has 4 heteroatoms.